The molecule has 212 valence electrons. The summed E-state index contributed by atoms with van der Waals surface area (Å²) in [6.45, 7) is 1.45. The number of nitrogens with one attached hydrogen (secondary N) is 3. The number of aliphatic hydroxyl groups is 1. The van der Waals surface area contributed by atoms with E-state index in [0.29, 0.717) is 50.2 Å². The lowest BCUT2D eigenvalue weighted by Crippen LogP contribution is -2.47. The number of aromatic nitrogens is 2. The first-order valence-electron chi connectivity index (χ1n) is 12.8. The van der Waals surface area contributed by atoms with Crippen molar-refractivity contribution in [1.29, 1.82) is 0 Å². The van der Waals surface area contributed by atoms with E-state index < -0.39 is 31.8 Å². The van der Waals surface area contributed by atoms with Crippen molar-refractivity contribution in [3.05, 3.63) is 48.8 Å². The van der Waals surface area contributed by atoms with Crippen molar-refractivity contribution >= 4 is 31.1 Å². The van der Waals surface area contributed by atoms with Gasteiger partial charge in [0.2, 0.25) is 20.0 Å². The van der Waals surface area contributed by atoms with Gasteiger partial charge in [-0.3, -0.25) is 4.98 Å². The summed E-state index contributed by atoms with van der Waals surface area (Å²) in [6, 6.07) is 9.51. The smallest absolute Gasteiger partial charge is 0.244 e. The molecule has 2 aromatic heterocycles. The fourth-order valence-corrected chi connectivity index (χ4v) is 7.24. The number of benzene rings is 1. The van der Waals surface area contributed by atoms with Crippen molar-refractivity contribution in [3.8, 4) is 5.75 Å². The Morgan fingerprint density at radius 1 is 1.21 bits per heavy atom. The number of aliphatic hydroxyl groups excluding tert-OH is 1. The quantitative estimate of drug-likeness (QED) is 0.272. The number of hydrogen-bond acceptors (Lipinski definition) is 9. The van der Waals surface area contributed by atoms with Crippen LogP contribution in [-0.4, -0.2) is 93.9 Å². The fraction of sp³-hybridized carbons (Fsp3) is 0.480. The number of hydrogen-bond donors (Lipinski definition) is 4. The molecule has 2 saturated heterocycles. The molecule has 1 spiro atoms. The molecule has 5 rings (SSSR count). The molecule has 0 bridgehead atoms. The Bertz CT molecular complexity index is 1520. The minimum Gasteiger partial charge on any atom is -0.491 e. The Kier molecular flexibility index (Phi) is 7.97. The normalized spacial score (nSPS) is 20.9. The second-order valence-electron chi connectivity index (χ2n) is 9.94. The van der Waals surface area contributed by atoms with Crippen molar-refractivity contribution in [2.75, 3.05) is 39.9 Å². The van der Waals surface area contributed by atoms with Crippen LogP contribution in [0.4, 0.5) is 0 Å². The predicted molar refractivity (Wildman–Crippen MR) is 143 cm³/mol. The Morgan fingerprint density at radius 2 is 2.00 bits per heavy atom. The summed E-state index contributed by atoms with van der Waals surface area (Å²) in [7, 11) is -5.91. The van der Waals surface area contributed by atoms with E-state index in [-0.39, 0.29) is 29.0 Å². The van der Waals surface area contributed by atoms with E-state index in [1.807, 2.05) is 0 Å². The van der Waals surface area contributed by atoms with Crippen LogP contribution in [0.2, 0.25) is 0 Å². The molecule has 2 aliphatic heterocycles. The van der Waals surface area contributed by atoms with E-state index in [2.05, 4.69) is 20.0 Å². The molecule has 4 N–H and O–H groups in total. The average Bonchev–Trinajstić information content (AvgIpc) is 3.58. The van der Waals surface area contributed by atoms with Gasteiger partial charge in [-0.05, 0) is 50.6 Å². The maximum Gasteiger partial charge on any atom is 0.244 e. The van der Waals surface area contributed by atoms with E-state index in [4.69, 9.17) is 9.47 Å². The predicted octanol–water partition coefficient (Wildman–Crippen LogP) is 0.813. The van der Waals surface area contributed by atoms with Crippen LogP contribution in [0.25, 0.3) is 11.0 Å². The Balaban J connectivity index is 1.08. The number of fused-ring (bicyclic) bond motifs is 1. The van der Waals surface area contributed by atoms with E-state index in [1.165, 1.54) is 29.7 Å². The molecule has 0 saturated carbocycles. The van der Waals surface area contributed by atoms with E-state index in [9.17, 15) is 21.9 Å². The van der Waals surface area contributed by atoms with E-state index in [0.717, 1.165) is 5.52 Å². The Labute approximate surface area is 227 Å². The standard InChI is InChI=1S/C25H33N5O7S2/c1-26-38(32,33)21-4-2-3-20(11-21)36-17-19(31)14-28-18-13-25(37-16-18)6-9-30(10-7-25)39(34,35)22-12-24-23(29-15-22)5-8-27-24/h2-5,8,11-12,15,18-19,26-28,31H,6-7,9-10,13-14,16-17H2,1H3/t18?,19-/m0/s1. The van der Waals surface area contributed by atoms with Gasteiger partial charge in [0, 0.05) is 44.1 Å². The minimum absolute atomic E-state index is 0.00920. The number of aromatic amines is 1. The third-order valence-corrected chi connectivity index (χ3v) is 10.6. The van der Waals surface area contributed by atoms with Gasteiger partial charge in [-0.15, -0.1) is 0 Å². The zero-order valence-electron chi connectivity index (χ0n) is 21.5. The van der Waals surface area contributed by atoms with Crippen LogP contribution >= 0.6 is 0 Å². The van der Waals surface area contributed by atoms with Crippen LogP contribution in [0.5, 0.6) is 5.75 Å². The second-order valence-corrected chi connectivity index (χ2v) is 13.8. The van der Waals surface area contributed by atoms with Crippen LogP contribution in [0.1, 0.15) is 19.3 Å². The van der Waals surface area contributed by atoms with Crippen molar-refractivity contribution < 1.29 is 31.4 Å². The summed E-state index contributed by atoms with van der Waals surface area (Å²) < 4.78 is 65.8. The first kappa shape index (κ1) is 28.0. The summed E-state index contributed by atoms with van der Waals surface area (Å²) >= 11 is 0. The van der Waals surface area contributed by atoms with Gasteiger partial charge in [-0.25, -0.2) is 21.6 Å². The zero-order chi connectivity index (χ0) is 27.7. The molecular weight excluding hydrogens is 546 g/mol. The summed E-state index contributed by atoms with van der Waals surface area (Å²) in [6.07, 6.45) is 4.20. The van der Waals surface area contributed by atoms with Crippen LogP contribution in [0.3, 0.4) is 0 Å². The van der Waals surface area contributed by atoms with Gasteiger partial charge < -0.3 is 24.9 Å². The van der Waals surface area contributed by atoms with Gasteiger partial charge in [0.15, 0.2) is 0 Å². The molecule has 12 nitrogen and oxygen atoms in total. The summed E-state index contributed by atoms with van der Waals surface area (Å²) in [5.41, 5.74) is 1.00. The van der Waals surface area contributed by atoms with E-state index in [1.54, 1.807) is 30.5 Å². The maximum absolute atomic E-state index is 13.2. The lowest BCUT2D eigenvalue weighted by Gasteiger charge is -2.38. The topological polar surface area (TPSA) is 163 Å². The largest absolute Gasteiger partial charge is 0.491 e. The van der Waals surface area contributed by atoms with Crippen LogP contribution in [0.15, 0.2) is 58.6 Å². The maximum atomic E-state index is 13.2. The third-order valence-electron chi connectivity index (χ3n) is 7.32. The number of rotatable bonds is 10. The van der Waals surface area contributed by atoms with Gasteiger partial charge >= 0.3 is 0 Å². The second kappa shape index (κ2) is 11.1. The molecule has 2 fully saturated rings. The SMILES string of the molecule is CNS(=O)(=O)c1cccc(OC[C@@H](O)CNC2COC3(CCN(S(=O)(=O)c4cnc5cc[nH]c5c4)CC3)C2)c1. The van der Waals surface area contributed by atoms with Gasteiger partial charge in [0.1, 0.15) is 23.4 Å². The van der Waals surface area contributed by atoms with Gasteiger partial charge in [0.05, 0.1) is 28.1 Å². The van der Waals surface area contributed by atoms with Gasteiger partial charge in [0.25, 0.3) is 0 Å². The lowest BCUT2D eigenvalue weighted by molar-refractivity contribution is -0.0312. The number of pyridine rings is 1. The van der Waals surface area contributed by atoms with Crippen LogP contribution < -0.4 is 14.8 Å². The molecule has 2 atom stereocenters. The minimum atomic E-state index is -3.66. The third kappa shape index (κ3) is 6.11. The zero-order valence-corrected chi connectivity index (χ0v) is 23.2. The lowest BCUT2D eigenvalue weighted by atomic mass is 9.88. The van der Waals surface area contributed by atoms with Crippen LogP contribution in [0, 0.1) is 0 Å². The number of nitrogens with zero attached hydrogens (tertiary/aromatic N) is 2. The highest BCUT2D eigenvalue weighted by atomic mass is 32.2. The molecule has 1 aromatic carbocycles. The Hall–Kier alpha value is -2.59. The summed E-state index contributed by atoms with van der Waals surface area (Å²) in [5, 5.41) is 13.7. The first-order valence-corrected chi connectivity index (χ1v) is 15.7. The van der Waals surface area contributed by atoms with Gasteiger partial charge in [-0.2, -0.15) is 4.31 Å². The van der Waals surface area contributed by atoms with Crippen molar-refractivity contribution in [3.63, 3.8) is 0 Å². The fourth-order valence-electron chi connectivity index (χ4n) is 5.07. The molecule has 1 unspecified atom stereocenters. The van der Waals surface area contributed by atoms with Crippen molar-refractivity contribution in [1.82, 2.24) is 24.3 Å². The highest BCUT2D eigenvalue weighted by Gasteiger charge is 2.44. The summed E-state index contributed by atoms with van der Waals surface area (Å²) in [4.78, 5) is 7.50. The monoisotopic (exact) mass is 579 g/mol. The first-order chi connectivity index (χ1) is 18.6. The highest BCUT2D eigenvalue weighted by molar-refractivity contribution is 7.89. The molecule has 39 heavy (non-hydrogen) atoms. The van der Waals surface area contributed by atoms with Crippen LogP contribution in [-0.2, 0) is 24.8 Å². The van der Waals surface area contributed by atoms with Crippen molar-refractivity contribution in [2.24, 2.45) is 0 Å². The van der Waals surface area contributed by atoms with Gasteiger partial charge in [-0.1, -0.05) is 6.07 Å². The Morgan fingerprint density at radius 3 is 2.77 bits per heavy atom. The molecule has 14 heteroatoms. The molecule has 0 amide bonds. The average molecular weight is 580 g/mol. The number of piperidine rings is 1. The highest BCUT2D eigenvalue weighted by Crippen LogP contribution is 2.37. The number of ether oxygens (including phenoxy) is 2. The molecule has 3 aromatic rings. The molecule has 0 radical (unpaired) electrons. The molecule has 4 heterocycles. The molecular formula is C25H33N5O7S2. The molecule has 2 aliphatic rings. The number of sulfonamides is 2. The van der Waals surface area contributed by atoms with E-state index >= 15 is 0 Å². The number of H-pyrrole nitrogens is 1. The summed E-state index contributed by atoms with van der Waals surface area (Å²) in [5.74, 6) is 0.346. The van der Waals surface area contributed by atoms with Crippen molar-refractivity contribution in [2.45, 2.75) is 46.8 Å². The molecule has 0 aliphatic carbocycles.